The average Bonchev–Trinajstić information content (AvgIpc) is 3.42. The average molecular weight is 353 g/mol. The number of nitrogens with two attached hydrogens (primary N) is 1. The van der Waals surface area contributed by atoms with Crippen LogP contribution in [0.4, 0.5) is 18.9 Å². The molecular weight excluding hydrogens is 335 g/mol. The molecule has 1 aliphatic rings. The monoisotopic (exact) mass is 353 g/mol. The number of anilines is 1. The first kappa shape index (κ1) is 17.3. The molecule has 0 aromatic heterocycles. The third-order valence-electron chi connectivity index (χ3n) is 3.98. The summed E-state index contributed by atoms with van der Waals surface area (Å²) in [6, 6.07) is 4.67. The fourth-order valence-corrected chi connectivity index (χ4v) is 2.32. The van der Waals surface area contributed by atoms with Gasteiger partial charge in [0.15, 0.2) is 23.1 Å². The highest BCUT2D eigenvalue weighted by atomic mass is 19.2. The molecule has 1 saturated carbocycles. The lowest BCUT2D eigenvalue weighted by Gasteiger charge is -2.15. The molecule has 3 rings (SSSR count). The van der Waals surface area contributed by atoms with Gasteiger partial charge in [0.2, 0.25) is 0 Å². The largest absolute Gasteiger partial charge is 0.496 e. The molecule has 25 heavy (non-hydrogen) atoms. The highest BCUT2D eigenvalue weighted by Gasteiger charge is 2.23. The van der Waals surface area contributed by atoms with Gasteiger partial charge in [0, 0.05) is 12.1 Å². The Kier molecular flexibility index (Phi) is 4.92. The second kappa shape index (κ2) is 7.13. The smallest absolute Gasteiger partial charge is 0.169 e. The van der Waals surface area contributed by atoms with Gasteiger partial charge in [-0.3, -0.25) is 0 Å². The summed E-state index contributed by atoms with van der Waals surface area (Å²) in [5.74, 6) is -1.77. The van der Waals surface area contributed by atoms with Crippen LogP contribution >= 0.6 is 0 Å². The Balaban J connectivity index is 1.82. The minimum absolute atomic E-state index is 0.0847. The molecule has 2 N–H and O–H groups in total. The molecule has 1 aliphatic carbocycles. The lowest BCUT2D eigenvalue weighted by molar-refractivity contribution is 0.246. The topological polar surface area (TPSA) is 53.7 Å². The van der Waals surface area contributed by atoms with E-state index < -0.39 is 17.5 Å². The van der Waals surface area contributed by atoms with Crippen LogP contribution in [-0.4, -0.2) is 13.7 Å². The molecule has 2 aromatic carbocycles. The predicted molar refractivity (Wildman–Crippen MR) is 86.3 cm³/mol. The molecule has 0 radical (unpaired) electrons. The first-order valence-electron chi connectivity index (χ1n) is 7.85. The first-order valence-corrected chi connectivity index (χ1v) is 7.85. The zero-order valence-corrected chi connectivity index (χ0v) is 13.7. The van der Waals surface area contributed by atoms with E-state index in [0.717, 1.165) is 25.0 Å². The molecule has 0 unspecified atom stereocenters. The van der Waals surface area contributed by atoms with E-state index in [-0.39, 0.29) is 35.1 Å². The number of methoxy groups -OCH3 is 1. The van der Waals surface area contributed by atoms with E-state index in [0.29, 0.717) is 12.5 Å². The Morgan fingerprint density at radius 3 is 2.40 bits per heavy atom. The van der Waals surface area contributed by atoms with Crippen LogP contribution in [0.5, 0.6) is 17.2 Å². The summed E-state index contributed by atoms with van der Waals surface area (Å²) in [7, 11) is 1.34. The Bertz CT molecular complexity index is 779. The summed E-state index contributed by atoms with van der Waals surface area (Å²) in [5.41, 5.74) is 5.36. The number of rotatable bonds is 7. The molecular formula is C18H18F3NO3. The molecule has 0 bridgehead atoms. The zero-order chi connectivity index (χ0) is 18.0. The van der Waals surface area contributed by atoms with E-state index >= 15 is 0 Å². The van der Waals surface area contributed by atoms with Crippen LogP contribution in [0.3, 0.4) is 0 Å². The van der Waals surface area contributed by atoms with Gasteiger partial charge in [-0.1, -0.05) is 0 Å². The Labute approximate surface area is 143 Å². The fourth-order valence-electron chi connectivity index (χ4n) is 2.32. The van der Waals surface area contributed by atoms with E-state index in [2.05, 4.69) is 0 Å². The summed E-state index contributed by atoms with van der Waals surface area (Å²) in [5, 5.41) is 0. The number of ether oxygens (including phenoxy) is 3. The van der Waals surface area contributed by atoms with Gasteiger partial charge in [0.05, 0.1) is 25.0 Å². The predicted octanol–water partition coefficient (Wildman–Crippen LogP) is 4.06. The number of benzene rings is 2. The molecule has 2 aromatic rings. The van der Waals surface area contributed by atoms with Gasteiger partial charge in [0.25, 0.3) is 0 Å². The van der Waals surface area contributed by atoms with Crippen molar-refractivity contribution >= 4 is 5.69 Å². The van der Waals surface area contributed by atoms with Crippen molar-refractivity contribution in [2.45, 2.75) is 19.4 Å². The molecule has 134 valence electrons. The van der Waals surface area contributed by atoms with Crippen LogP contribution in [0.2, 0.25) is 0 Å². The van der Waals surface area contributed by atoms with Crippen LogP contribution < -0.4 is 19.9 Å². The van der Waals surface area contributed by atoms with Gasteiger partial charge >= 0.3 is 0 Å². The first-order chi connectivity index (χ1) is 12.0. The molecule has 4 nitrogen and oxygen atoms in total. The SMILES string of the molecule is COc1ccc(F)c(F)c1COc1cc(N)c(F)cc1OCC1CC1. The normalized spacial score (nSPS) is 13.6. The second-order valence-electron chi connectivity index (χ2n) is 5.91. The van der Waals surface area contributed by atoms with Crippen molar-refractivity contribution in [2.24, 2.45) is 5.92 Å². The van der Waals surface area contributed by atoms with Crippen molar-refractivity contribution in [3.05, 3.63) is 47.3 Å². The standard InChI is InChI=1S/C18H18F3NO3/c1-23-15-5-4-12(19)18(21)11(15)9-25-17-7-14(22)13(20)6-16(17)24-8-10-2-3-10/h4-7,10H,2-3,8-9,22H2,1H3. The number of hydrogen-bond donors (Lipinski definition) is 1. The highest BCUT2D eigenvalue weighted by Crippen LogP contribution is 2.36. The van der Waals surface area contributed by atoms with Crippen LogP contribution in [0, 0.1) is 23.4 Å². The van der Waals surface area contributed by atoms with Gasteiger partial charge in [0.1, 0.15) is 18.2 Å². The van der Waals surface area contributed by atoms with Gasteiger partial charge in [-0.25, -0.2) is 13.2 Å². The fraction of sp³-hybridized carbons (Fsp3) is 0.333. The molecule has 1 fully saturated rings. The molecule has 0 spiro atoms. The number of halogens is 3. The lowest BCUT2D eigenvalue weighted by atomic mass is 10.2. The van der Waals surface area contributed by atoms with Gasteiger partial charge in [-0.05, 0) is 30.9 Å². The van der Waals surface area contributed by atoms with Crippen molar-refractivity contribution in [3.63, 3.8) is 0 Å². The second-order valence-corrected chi connectivity index (χ2v) is 5.91. The summed E-state index contributed by atoms with van der Waals surface area (Å²) >= 11 is 0. The maximum absolute atomic E-state index is 14.0. The Morgan fingerprint density at radius 2 is 1.72 bits per heavy atom. The number of hydrogen-bond acceptors (Lipinski definition) is 4. The minimum atomic E-state index is -1.06. The lowest BCUT2D eigenvalue weighted by Crippen LogP contribution is -2.07. The number of nitrogen functional groups attached to an aromatic ring is 1. The van der Waals surface area contributed by atoms with E-state index in [9.17, 15) is 13.2 Å². The van der Waals surface area contributed by atoms with Crippen LogP contribution in [-0.2, 0) is 6.61 Å². The summed E-state index contributed by atoms with van der Waals surface area (Å²) in [6.07, 6.45) is 2.14. The molecule has 0 atom stereocenters. The maximum atomic E-state index is 14.0. The minimum Gasteiger partial charge on any atom is -0.496 e. The Morgan fingerprint density at radius 1 is 1.00 bits per heavy atom. The van der Waals surface area contributed by atoms with E-state index in [1.54, 1.807) is 0 Å². The molecule has 0 aliphatic heterocycles. The van der Waals surface area contributed by atoms with E-state index in [4.69, 9.17) is 19.9 Å². The van der Waals surface area contributed by atoms with Gasteiger partial charge in [-0.15, -0.1) is 0 Å². The van der Waals surface area contributed by atoms with Gasteiger partial charge < -0.3 is 19.9 Å². The third kappa shape index (κ3) is 3.92. The zero-order valence-electron chi connectivity index (χ0n) is 13.7. The van der Waals surface area contributed by atoms with Crippen molar-refractivity contribution in [1.82, 2.24) is 0 Å². The van der Waals surface area contributed by atoms with Crippen molar-refractivity contribution in [1.29, 1.82) is 0 Å². The van der Waals surface area contributed by atoms with Crippen molar-refractivity contribution in [3.8, 4) is 17.2 Å². The molecule has 0 saturated heterocycles. The van der Waals surface area contributed by atoms with Crippen LogP contribution in [0.25, 0.3) is 0 Å². The van der Waals surface area contributed by atoms with Crippen molar-refractivity contribution < 1.29 is 27.4 Å². The quantitative estimate of drug-likeness (QED) is 0.763. The molecule has 0 amide bonds. The highest BCUT2D eigenvalue weighted by molar-refractivity contribution is 5.53. The third-order valence-corrected chi connectivity index (χ3v) is 3.98. The van der Waals surface area contributed by atoms with E-state index in [1.165, 1.54) is 19.2 Å². The van der Waals surface area contributed by atoms with Crippen LogP contribution in [0.1, 0.15) is 18.4 Å². The molecule has 0 heterocycles. The van der Waals surface area contributed by atoms with Crippen LogP contribution in [0.15, 0.2) is 24.3 Å². The maximum Gasteiger partial charge on any atom is 0.169 e. The van der Waals surface area contributed by atoms with E-state index in [1.807, 2.05) is 0 Å². The summed E-state index contributed by atoms with van der Waals surface area (Å²) in [6.45, 7) is 0.120. The van der Waals surface area contributed by atoms with Gasteiger partial charge in [-0.2, -0.15) is 0 Å². The van der Waals surface area contributed by atoms with Crippen molar-refractivity contribution in [2.75, 3.05) is 19.5 Å². The Hall–Kier alpha value is -2.57. The summed E-state index contributed by atoms with van der Waals surface area (Å²) in [4.78, 5) is 0. The summed E-state index contributed by atoms with van der Waals surface area (Å²) < 4.78 is 57.3. The molecule has 7 heteroatoms.